The normalized spacial score (nSPS) is 17.8. The Morgan fingerprint density at radius 1 is 1.50 bits per heavy atom. The van der Waals surface area contributed by atoms with Gasteiger partial charge in [-0.2, -0.15) is 0 Å². The third-order valence-electron chi connectivity index (χ3n) is 3.23. The van der Waals surface area contributed by atoms with E-state index in [-0.39, 0.29) is 10.6 Å². The molecule has 4 nitrogen and oxygen atoms in total. The van der Waals surface area contributed by atoms with Gasteiger partial charge in [0.15, 0.2) is 6.10 Å². The molecular formula is C14H15Cl2NO3. The van der Waals surface area contributed by atoms with Gasteiger partial charge in [-0.05, 0) is 25.0 Å². The Bertz CT molecular complexity index is 558. The number of carbonyl (C=O) groups is 1. The predicted molar refractivity (Wildman–Crippen MR) is 78.8 cm³/mol. The van der Waals surface area contributed by atoms with E-state index in [1.165, 1.54) is 12.1 Å². The lowest BCUT2D eigenvalue weighted by Gasteiger charge is -2.14. The van der Waals surface area contributed by atoms with E-state index in [0.29, 0.717) is 17.0 Å². The molecule has 1 aromatic carbocycles. The zero-order valence-electron chi connectivity index (χ0n) is 11.0. The topological polar surface area (TPSA) is 58.9 Å². The molecule has 0 aromatic heterocycles. The number of carboxylic acids is 1. The Balaban J connectivity index is 2.22. The van der Waals surface area contributed by atoms with Crippen molar-refractivity contribution >= 4 is 34.9 Å². The predicted octanol–water partition coefficient (Wildman–Crippen LogP) is 4.70. The van der Waals surface area contributed by atoms with Gasteiger partial charge in [-0.1, -0.05) is 41.7 Å². The summed E-state index contributed by atoms with van der Waals surface area (Å²) in [7, 11) is 0. The van der Waals surface area contributed by atoms with Crippen LogP contribution in [-0.4, -0.2) is 16.8 Å². The minimum Gasteiger partial charge on any atom is -0.478 e. The number of carboxylic acid groups (broad SMARTS) is 1. The van der Waals surface area contributed by atoms with Crippen LogP contribution in [0.2, 0.25) is 10.0 Å². The van der Waals surface area contributed by atoms with E-state index in [1.54, 1.807) is 0 Å². The number of hydrogen-bond donors (Lipinski definition) is 1. The standard InChI is InChI=1S/C14H15Cl2NO3/c1-2-3-4-8-7-11(20-17-8)12-10(15)6-5-9(13(12)16)14(18)19/h5-6,11H,2-4,7H2,1H3,(H,18,19). The van der Waals surface area contributed by atoms with Crippen LogP contribution in [0.5, 0.6) is 0 Å². The first kappa shape index (κ1) is 15.1. The highest BCUT2D eigenvalue weighted by molar-refractivity contribution is 6.38. The van der Waals surface area contributed by atoms with Gasteiger partial charge in [0.1, 0.15) is 0 Å². The zero-order valence-corrected chi connectivity index (χ0v) is 12.5. The SMILES string of the molecule is CCCCC1=NOC(c2c(Cl)ccc(C(=O)O)c2Cl)C1. The van der Waals surface area contributed by atoms with E-state index in [1.807, 2.05) is 0 Å². The molecule has 0 saturated carbocycles. The van der Waals surface area contributed by atoms with Crippen LogP contribution in [-0.2, 0) is 4.84 Å². The fraction of sp³-hybridized carbons (Fsp3) is 0.429. The van der Waals surface area contributed by atoms with Crippen LogP contribution in [0.15, 0.2) is 17.3 Å². The number of nitrogens with zero attached hydrogens (tertiary/aromatic N) is 1. The van der Waals surface area contributed by atoms with Crippen LogP contribution in [0.1, 0.15) is 54.6 Å². The van der Waals surface area contributed by atoms with E-state index >= 15 is 0 Å². The number of benzene rings is 1. The third kappa shape index (κ3) is 3.07. The van der Waals surface area contributed by atoms with Crippen molar-refractivity contribution < 1.29 is 14.7 Å². The molecule has 20 heavy (non-hydrogen) atoms. The Labute approximate surface area is 127 Å². The maximum Gasteiger partial charge on any atom is 0.337 e. The van der Waals surface area contributed by atoms with Crippen LogP contribution in [0.3, 0.4) is 0 Å². The molecule has 1 heterocycles. The Hall–Kier alpha value is -1.26. The molecular weight excluding hydrogens is 301 g/mol. The molecule has 6 heteroatoms. The molecule has 0 bridgehead atoms. The van der Waals surface area contributed by atoms with Gasteiger partial charge >= 0.3 is 5.97 Å². The van der Waals surface area contributed by atoms with E-state index in [2.05, 4.69) is 12.1 Å². The summed E-state index contributed by atoms with van der Waals surface area (Å²) in [5.74, 6) is -1.09. The van der Waals surface area contributed by atoms with Gasteiger partial charge in [0.2, 0.25) is 0 Å². The summed E-state index contributed by atoms with van der Waals surface area (Å²) >= 11 is 12.3. The summed E-state index contributed by atoms with van der Waals surface area (Å²) in [5.41, 5.74) is 1.49. The van der Waals surface area contributed by atoms with E-state index < -0.39 is 12.1 Å². The van der Waals surface area contributed by atoms with Crippen LogP contribution < -0.4 is 0 Å². The summed E-state index contributed by atoms with van der Waals surface area (Å²) < 4.78 is 0. The summed E-state index contributed by atoms with van der Waals surface area (Å²) in [6.07, 6.45) is 3.20. The number of aromatic carboxylic acids is 1. The molecule has 0 spiro atoms. The molecule has 0 saturated heterocycles. The lowest BCUT2D eigenvalue weighted by molar-refractivity contribution is 0.0695. The smallest absolute Gasteiger partial charge is 0.337 e. The summed E-state index contributed by atoms with van der Waals surface area (Å²) in [5, 5.41) is 13.7. The monoisotopic (exact) mass is 315 g/mol. The highest BCUT2D eigenvalue weighted by atomic mass is 35.5. The fourth-order valence-electron chi connectivity index (χ4n) is 2.14. The number of oxime groups is 1. The molecule has 0 radical (unpaired) electrons. The molecule has 1 N–H and O–H groups in total. The molecule has 1 aliphatic heterocycles. The van der Waals surface area contributed by atoms with Crippen molar-refractivity contribution in [1.82, 2.24) is 0 Å². The molecule has 0 fully saturated rings. The minimum atomic E-state index is -1.09. The highest BCUT2D eigenvalue weighted by Crippen LogP contribution is 2.39. The van der Waals surface area contributed by atoms with Crippen LogP contribution >= 0.6 is 23.2 Å². The fourth-order valence-corrected chi connectivity index (χ4v) is 2.83. The number of rotatable bonds is 5. The van der Waals surface area contributed by atoms with Crippen LogP contribution in [0, 0.1) is 0 Å². The van der Waals surface area contributed by atoms with Crippen molar-refractivity contribution in [2.75, 3.05) is 0 Å². The first-order valence-corrected chi connectivity index (χ1v) is 7.23. The molecule has 2 rings (SSSR count). The number of hydrogen-bond acceptors (Lipinski definition) is 3. The molecule has 1 aromatic rings. The lowest BCUT2D eigenvalue weighted by atomic mass is 10.00. The van der Waals surface area contributed by atoms with Crippen LogP contribution in [0.25, 0.3) is 0 Å². The summed E-state index contributed by atoms with van der Waals surface area (Å²) in [6.45, 7) is 2.11. The third-order valence-corrected chi connectivity index (χ3v) is 3.96. The Morgan fingerprint density at radius 2 is 2.25 bits per heavy atom. The first-order valence-electron chi connectivity index (χ1n) is 6.47. The van der Waals surface area contributed by atoms with Gasteiger partial charge in [0.25, 0.3) is 0 Å². The van der Waals surface area contributed by atoms with Gasteiger partial charge in [-0.25, -0.2) is 4.79 Å². The van der Waals surface area contributed by atoms with Gasteiger partial charge in [0.05, 0.1) is 16.3 Å². The van der Waals surface area contributed by atoms with Crippen molar-refractivity contribution in [3.05, 3.63) is 33.3 Å². The van der Waals surface area contributed by atoms with E-state index in [9.17, 15) is 4.79 Å². The van der Waals surface area contributed by atoms with Crippen molar-refractivity contribution in [3.8, 4) is 0 Å². The first-order chi connectivity index (χ1) is 9.54. The summed E-state index contributed by atoms with van der Waals surface area (Å²) in [4.78, 5) is 16.5. The average molecular weight is 316 g/mol. The largest absolute Gasteiger partial charge is 0.478 e. The van der Waals surface area contributed by atoms with Gasteiger partial charge in [-0.15, -0.1) is 0 Å². The quantitative estimate of drug-likeness (QED) is 0.856. The average Bonchev–Trinajstić information content (AvgIpc) is 2.84. The van der Waals surface area contributed by atoms with Crippen LogP contribution in [0.4, 0.5) is 0 Å². The second-order valence-electron chi connectivity index (χ2n) is 4.69. The van der Waals surface area contributed by atoms with E-state index in [0.717, 1.165) is 25.0 Å². The van der Waals surface area contributed by atoms with Crippen molar-refractivity contribution in [3.63, 3.8) is 0 Å². The van der Waals surface area contributed by atoms with Gasteiger partial charge < -0.3 is 9.94 Å². The van der Waals surface area contributed by atoms with Gasteiger partial charge in [0, 0.05) is 17.0 Å². The zero-order chi connectivity index (χ0) is 14.7. The highest BCUT2D eigenvalue weighted by Gasteiger charge is 2.28. The van der Waals surface area contributed by atoms with E-state index in [4.69, 9.17) is 33.1 Å². The number of halogens is 2. The number of unbranched alkanes of at least 4 members (excludes halogenated alkanes) is 1. The lowest BCUT2D eigenvalue weighted by Crippen LogP contribution is -2.06. The summed E-state index contributed by atoms with van der Waals surface area (Å²) in [6, 6.07) is 2.92. The van der Waals surface area contributed by atoms with Crippen molar-refractivity contribution in [2.45, 2.75) is 38.7 Å². The Morgan fingerprint density at radius 3 is 2.90 bits per heavy atom. The molecule has 1 atom stereocenters. The van der Waals surface area contributed by atoms with Crippen molar-refractivity contribution in [2.24, 2.45) is 5.16 Å². The molecule has 0 aliphatic carbocycles. The molecule has 1 unspecified atom stereocenters. The second kappa shape index (κ2) is 6.46. The molecule has 1 aliphatic rings. The maximum absolute atomic E-state index is 11.1. The minimum absolute atomic E-state index is 0.0247. The molecule has 0 amide bonds. The Kier molecular flexibility index (Phi) is 4.89. The maximum atomic E-state index is 11.1. The second-order valence-corrected chi connectivity index (χ2v) is 5.47. The van der Waals surface area contributed by atoms with Crippen molar-refractivity contribution in [1.29, 1.82) is 0 Å². The molecule has 108 valence electrons. The van der Waals surface area contributed by atoms with Gasteiger partial charge in [-0.3, -0.25) is 0 Å².